The summed E-state index contributed by atoms with van der Waals surface area (Å²) in [7, 11) is 0. The molecule has 0 saturated heterocycles. The van der Waals surface area contributed by atoms with Gasteiger partial charge in [-0.15, -0.1) is 0 Å². The summed E-state index contributed by atoms with van der Waals surface area (Å²) in [5.74, 6) is 4.98. The Kier molecular flexibility index (Phi) is 9.29. The lowest BCUT2D eigenvalue weighted by atomic mass is 9.39. The Hall–Kier alpha value is 2.45. The standard InChI is InChI=1S/C8H12.2C5H8.H2IP.3H3P/c1-2-6-5(1)7-3-4-8(6)7;2*1-2-5(1)3-4-5;1-2;;;/h5-8H,1-4H2;2*1-4H2;2H2;3*1H3. The smallest absolute Gasteiger partial charge is 0.0297 e. The highest BCUT2D eigenvalue weighted by Gasteiger charge is 2.58. The molecule has 5 heteroatoms. The summed E-state index contributed by atoms with van der Waals surface area (Å²) in [5, 5.41) is 0. The summed E-state index contributed by atoms with van der Waals surface area (Å²) in [4.78, 5) is 0. The number of hydrogen-bond donors (Lipinski definition) is 0. The second kappa shape index (κ2) is 9.09. The molecule has 4 unspecified atom stereocenters. The average molecular weight is 506 g/mol. The Bertz CT molecular complexity index is 286. The number of halogens is 1. The van der Waals surface area contributed by atoms with E-state index in [2.05, 4.69) is 28.9 Å². The second-order valence-corrected chi connectivity index (χ2v) is 8.81. The summed E-state index contributed by atoms with van der Waals surface area (Å²) in [6.07, 6.45) is 18.9. The van der Waals surface area contributed by atoms with Crippen molar-refractivity contribution >= 4 is 58.6 Å². The summed E-state index contributed by atoms with van der Waals surface area (Å²) in [6, 6.07) is 0. The summed E-state index contributed by atoms with van der Waals surface area (Å²) >= 11 is 2.07. The molecule has 7 aliphatic rings. The van der Waals surface area contributed by atoms with Crippen LogP contribution in [-0.4, -0.2) is 0 Å². The zero-order valence-electron chi connectivity index (χ0n) is 14.9. The van der Waals surface area contributed by atoms with Crippen LogP contribution in [0.1, 0.15) is 77.0 Å². The number of rotatable bonds is 0. The van der Waals surface area contributed by atoms with Gasteiger partial charge in [0.05, 0.1) is 0 Å². The van der Waals surface area contributed by atoms with Crippen LogP contribution < -0.4 is 0 Å². The minimum Gasteiger partial charge on any atom is -0.153 e. The topological polar surface area (TPSA) is 0 Å². The van der Waals surface area contributed by atoms with Crippen LogP contribution in [0.25, 0.3) is 0 Å². The average Bonchev–Trinajstić information content (AvgIpc) is 3.32. The molecule has 0 amide bonds. The first-order valence-electron chi connectivity index (χ1n) is 9.01. The van der Waals surface area contributed by atoms with Crippen LogP contribution in [0.5, 0.6) is 0 Å². The highest BCUT2D eigenvalue weighted by molar-refractivity contribution is 14.2. The maximum atomic E-state index is 2.39. The molecule has 0 aromatic rings. The molecule has 7 saturated carbocycles. The minimum atomic E-state index is 0. The van der Waals surface area contributed by atoms with Crippen LogP contribution in [0.3, 0.4) is 0 Å². The molecule has 7 aliphatic carbocycles. The molecule has 138 valence electrons. The lowest BCUT2D eigenvalue weighted by Gasteiger charge is -2.66. The van der Waals surface area contributed by atoms with Crippen molar-refractivity contribution in [3.8, 4) is 0 Å². The zero-order valence-corrected chi connectivity index (χ0v) is 22.4. The van der Waals surface area contributed by atoms with Crippen LogP contribution in [0.4, 0.5) is 0 Å². The molecule has 0 nitrogen and oxygen atoms in total. The molecule has 0 N–H and O–H groups in total. The van der Waals surface area contributed by atoms with E-state index in [1.807, 2.05) is 0 Å². The molecular formula is C18H39IP4. The molecule has 7 rings (SSSR count). The van der Waals surface area contributed by atoms with Gasteiger partial charge < -0.3 is 0 Å². The van der Waals surface area contributed by atoms with E-state index in [1.54, 1.807) is 77.0 Å². The highest BCUT2D eigenvalue weighted by atomic mass is 127. The predicted molar refractivity (Wildman–Crippen MR) is 131 cm³/mol. The van der Waals surface area contributed by atoms with E-state index in [1.165, 1.54) is 23.7 Å². The molecule has 0 heterocycles. The van der Waals surface area contributed by atoms with Gasteiger partial charge in [0.15, 0.2) is 0 Å². The van der Waals surface area contributed by atoms with Crippen LogP contribution in [0.15, 0.2) is 0 Å². The van der Waals surface area contributed by atoms with Crippen molar-refractivity contribution in [2.75, 3.05) is 0 Å². The molecule has 0 radical (unpaired) electrons. The van der Waals surface area contributed by atoms with Gasteiger partial charge in [-0.05, 0) is 112 Å². The van der Waals surface area contributed by atoms with Crippen LogP contribution >= 0.6 is 58.6 Å². The number of hydrogen-bond acceptors (Lipinski definition) is 0. The van der Waals surface area contributed by atoms with Crippen LogP contribution in [-0.2, 0) is 0 Å². The molecular weight excluding hydrogens is 467 g/mol. The predicted octanol–water partition coefficient (Wildman–Crippen LogP) is 6.56. The lowest BCUT2D eigenvalue weighted by Crippen LogP contribution is -2.58. The van der Waals surface area contributed by atoms with Gasteiger partial charge in [0.25, 0.3) is 0 Å². The third-order valence-electron chi connectivity index (χ3n) is 7.69. The van der Waals surface area contributed by atoms with E-state index in [0.717, 1.165) is 10.8 Å². The molecule has 7 fully saturated rings. The van der Waals surface area contributed by atoms with E-state index in [-0.39, 0.29) is 29.7 Å². The Balaban J connectivity index is 0.000000159. The van der Waals surface area contributed by atoms with E-state index in [4.69, 9.17) is 0 Å². The van der Waals surface area contributed by atoms with Gasteiger partial charge in [-0.25, -0.2) is 0 Å². The third kappa shape index (κ3) is 5.25. The number of fused-ring (bicyclic) bond motifs is 4. The van der Waals surface area contributed by atoms with Gasteiger partial charge in [0, 0.05) is 0 Å². The van der Waals surface area contributed by atoms with Crippen molar-refractivity contribution in [1.29, 1.82) is 0 Å². The van der Waals surface area contributed by atoms with Gasteiger partial charge in [0.2, 0.25) is 0 Å². The first-order chi connectivity index (χ1) is 9.79. The Morgan fingerprint density at radius 3 is 0.696 bits per heavy atom. The first kappa shape index (κ1) is 23.5. The van der Waals surface area contributed by atoms with Crippen molar-refractivity contribution in [1.82, 2.24) is 0 Å². The summed E-state index contributed by atoms with van der Waals surface area (Å²) in [5.41, 5.74) is 2.00. The molecule has 0 aliphatic heterocycles. The van der Waals surface area contributed by atoms with Crippen molar-refractivity contribution < 1.29 is 0 Å². The van der Waals surface area contributed by atoms with Gasteiger partial charge in [-0.2, -0.15) is 29.7 Å². The van der Waals surface area contributed by atoms with E-state index >= 15 is 0 Å². The summed E-state index contributed by atoms with van der Waals surface area (Å²) in [6.45, 7) is 2.39. The fourth-order valence-electron chi connectivity index (χ4n) is 4.79. The normalized spacial score (nSPS) is 39.9. The van der Waals surface area contributed by atoms with Gasteiger partial charge >= 0.3 is 0 Å². The Morgan fingerprint density at radius 2 is 0.652 bits per heavy atom. The fraction of sp³-hybridized carbons (Fsp3) is 1.00. The highest BCUT2D eigenvalue weighted by Crippen LogP contribution is 2.67. The maximum Gasteiger partial charge on any atom is -0.0297 e. The zero-order chi connectivity index (χ0) is 13.8. The Morgan fingerprint density at radius 1 is 0.478 bits per heavy atom. The minimum absolute atomic E-state index is 0. The van der Waals surface area contributed by atoms with Crippen molar-refractivity contribution in [2.45, 2.75) is 77.0 Å². The summed E-state index contributed by atoms with van der Waals surface area (Å²) < 4.78 is 0. The molecule has 4 atom stereocenters. The third-order valence-corrected chi connectivity index (χ3v) is 7.69. The molecule has 0 aromatic heterocycles. The quantitative estimate of drug-likeness (QED) is 0.258. The first-order valence-corrected chi connectivity index (χ1v) is 13.2. The fourth-order valence-corrected chi connectivity index (χ4v) is 4.79. The van der Waals surface area contributed by atoms with Crippen LogP contribution in [0.2, 0.25) is 0 Å². The monoisotopic (exact) mass is 506 g/mol. The molecule has 23 heavy (non-hydrogen) atoms. The lowest BCUT2D eigenvalue weighted by molar-refractivity contribution is -0.165. The second-order valence-electron chi connectivity index (χ2n) is 8.81. The van der Waals surface area contributed by atoms with E-state index in [9.17, 15) is 0 Å². The van der Waals surface area contributed by atoms with E-state index in [0.29, 0.717) is 0 Å². The van der Waals surface area contributed by atoms with E-state index < -0.39 is 0 Å². The SMILES string of the molecule is C1CC12CC2.C1CC12CC2.C1CC2C1C1CCC21.P.P.P.PI. The van der Waals surface area contributed by atoms with Gasteiger partial charge in [-0.3, -0.25) is 0 Å². The van der Waals surface area contributed by atoms with Gasteiger partial charge in [-0.1, -0.05) is 28.9 Å². The van der Waals surface area contributed by atoms with Crippen molar-refractivity contribution in [3.05, 3.63) is 0 Å². The molecule has 0 bridgehead atoms. The van der Waals surface area contributed by atoms with Gasteiger partial charge in [0.1, 0.15) is 0 Å². The molecule has 0 aromatic carbocycles. The largest absolute Gasteiger partial charge is 0.153 e. The maximum absolute atomic E-state index is 2.39. The molecule has 2 spiro atoms. The Labute approximate surface area is 169 Å². The van der Waals surface area contributed by atoms with Crippen molar-refractivity contribution in [3.63, 3.8) is 0 Å². The van der Waals surface area contributed by atoms with Crippen LogP contribution in [0, 0.1) is 34.5 Å². The van der Waals surface area contributed by atoms with Crippen molar-refractivity contribution in [2.24, 2.45) is 34.5 Å².